The van der Waals surface area contributed by atoms with Crippen LogP contribution in [0, 0.1) is 0 Å². The molecule has 76 valence electrons. The van der Waals surface area contributed by atoms with Crippen LogP contribution in [0.4, 0.5) is 11.4 Å². The SMILES string of the molecule is Nc1ccc(Cl)c(NC2=CC(=O)N=N2)c1. The van der Waals surface area contributed by atoms with Crippen molar-refractivity contribution in [1.82, 2.24) is 0 Å². The van der Waals surface area contributed by atoms with Gasteiger partial charge >= 0.3 is 0 Å². The van der Waals surface area contributed by atoms with E-state index in [0.717, 1.165) is 0 Å². The van der Waals surface area contributed by atoms with Crippen LogP contribution >= 0.6 is 11.6 Å². The average molecular weight is 223 g/mol. The Bertz CT molecular complexity index is 481. The summed E-state index contributed by atoms with van der Waals surface area (Å²) < 4.78 is 0. The van der Waals surface area contributed by atoms with Gasteiger partial charge in [-0.15, -0.1) is 10.2 Å². The van der Waals surface area contributed by atoms with E-state index in [4.69, 9.17) is 17.3 Å². The third-order valence-corrected chi connectivity index (χ3v) is 2.10. The highest BCUT2D eigenvalue weighted by Gasteiger charge is 2.09. The first-order valence-corrected chi connectivity index (χ1v) is 4.52. The molecule has 0 bridgehead atoms. The Morgan fingerprint density at radius 3 is 2.80 bits per heavy atom. The first-order chi connectivity index (χ1) is 7.15. The van der Waals surface area contributed by atoms with Crippen molar-refractivity contribution in [3.63, 3.8) is 0 Å². The summed E-state index contributed by atoms with van der Waals surface area (Å²) in [5.74, 6) is -0.0370. The van der Waals surface area contributed by atoms with Crippen LogP contribution in [0.1, 0.15) is 0 Å². The quantitative estimate of drug-likeness (QED) is 0.753. The van der Waals surface area contributed by atoms with Crippen LogP contribution in [0.5, 0.6) is 0 Å². The Labute approximate surface area is 90.6 Å². The fourth-order valence-electron chi connectivity index (χ4n) is 1.12. The minimum absolute atomic E-state index is 0.354. The second-order valence-corrected chi connectivity index (χ2v) is 3.34. The van der Waals surface area contributed by atoms with Crippen LogP contribution in [-0.4, -0.2) is 5.91 Å². The van der Waals surface area contributed by atoms with E-state index in [2.05, 4.69) is 15.5 Å². The van der Waals surface area contributed by atoms with Crippen molar-refractivity contribution in [2.24, 2.45) is 10.2 Å². The molecule has 0 spiro atoms. The summed E-state index contributed by atoms with van der Waals surface area (Å²) in [7, 11) is 0. The predicted molar refractivity (Wildman–Crippen MR) is 57.4 cm³/mol. The van der Waals surface area contributed by atoms with E-state index < -0.39 is 5.91 Å². The van der Waals surface area contributed by atoms with Gasteiger partial charge in [-0.1, -0.05) is 11.6 Å². The van der Waals surface area contributed by atoms with Gasteiger partial charge in [0.2, 0.25) is 0 Å². The molecule has 1 aromatic rings. The maximum Gasteiger partial charge on any atom is 0.292 e. The Kier molecular flexibility index (Phi) is 2.39. The second kappa shape index (κ2) is 3.70. The molecule has 6 heteroatoms. The van der Waals surface area contributed by atoms with Crippen LogP contribution in [-0.2, 0) is 4.79 Å². The number of rotatable bonds is 2. The van der Waals surface area contributed by atoms with E-state index in [1.807, 2.05) is 0 Å². The van der Waals surface area contributed by atoms with Crippen LogP contribution in [0.2, 0.25) is 5.02 Å². The van der Waals surface area contributed by atoms with Crippen molar-refractivity contribution in [1.29, 1.82) is 0 Å². The van der Waals surface area contributed by atoms with E-state index in [1.54, 1.807) is 18.2 Å². The molecule has 0 fully saturated rings. The zero-order valence-electron chi connectivity index (χ0n) is 7.57. The molecule has 1 aliphatic rings. The number of carbonyl (C=O) groups excluding carboxylic acids is 1. The summed E-state index contributed by atoms with van der Waals surface area (Å²) in [4.78, 5) is 10.8. The van der Waals surface area contributed by atoms with Gasteiger partial charge in [-0.2, -0.15) is 0 Å². The number of azo groups is 1. The maximum atomic E-state index is 10.8. The molecular weight excluding hydrogens is 216 g/mol. The first kappa shape index (κ1) is 9.67. The molecule has 0 saturated heterocycles. The topological polar surface area (TPSA) is 79.8 Å². The lowest BCUT2D eigenvalue weighted by Crippen LogP contribution is -1.97. The number of nitrogen functional groups attached to an aromatic ring is 1. The number of anilines is 2. The largest absolute Gasteiger partial charge is 0.399 e. The van der Waals surface area contributed by atoms with Crippen molar-refractivity contribution >= 4 is 28.9 Å². The van der Waals surface area contributed by atoms with Crippen LogP contribution in [0.25, 0.3) is 0 Å². The molecule has 0 atom stereocenters. The summed E-state index contributed by atoms with van der Waals surface area (Å²) in [5, 5.41) is 10.3. The molecular formula is C9H7ClN4O. The molecule has 1 aromatic carbocycles. The minimum Gasteiger partial charge on any atom is -0.399 e. The number of nitrogens with two attached hydrogens (primary N) is 1. The number of benzene rings is 1. The number of hydrogen-bond donors (Lipinski definition) is 2. The maximum absolute atomic E-state index is 10.8. The molecule has 0 saturated carbocycles. The van der Waals surface area contributed by atoms with Crippen molar-refractivity contribution in [2.45, 2.75) is 0 Å². The summed E-state index contributed by atoms with van der Waals surface area (Å²) in [6.45, 7) is 0. The van der Waals surface area contributed by atoms with E-state index in [1.165, 1.54) is 6.08 Å². The summed E-state index contributed by atoms with van der Waals surface area (Å²) in [6.07, 6.45) is 1.28. The highest BCUT2D eigenvalue weighted by atomic mass is 35.5. The predicted octanol–water partition coefficient (Wildman–Crippen LogP) is 2.17. The lowest BCUT2D eigenvalue weighted by molar-refractivity contribution is -0.113. The Morgan fingerprint density at radius 1 is 1.33 bits per heavy atom. The van der Waals surface area contributed by atoms with Gasteiger partial charge in [0.15, 0.2) is 5.82 Å². The van der Waals surface area contributed by atoms with E-state index >= 15 is 0 Å². The fourth-order valence-corrected chi connectivity index (χ4v) is 1.28. The van der Waals surface area contributed by atoms with Crippen LogP contribution in [0.15, 0.2) is 40.3 Å². The molecule has 1 amide bonds. The fraction of sp³-hybridized carbons (Fsp3) is 0. The number of halogens is 1. The van der Waals surface area contributed by atoms with Gasteiger partial charge < -0.3 is 11.1 Å². The van der Waals surface area contributed by atoms with Crippen molar-refractivity contribution in [3.8, 4) is 0 Å². The third-order valence-electron chi connectivity index (χ3n) is 1.77. The zero-order valence-corrected chi connectivity index (χ0v) is 8.32. The molecule has 0 aliphatic carbocycles. The Hall–Kier alpha value is -1.88. The molecule has 5 nitrogen and oxygen atoms in total. The Morgan fingerprint density at radius 2 is 2.13 bits per heavy atom. The third kappa shape index (κ3) is 2.13. The lowest BCUT2D eigenvalue weighted by Gasteiger charge is -2.06. The van der Waals surface area contributed by atoms with Crippen molar-refractivity contribution in [3.05, 3.63) is 35.1 Å². The lowest BCUT2D eigenvalue weighted by atomic mass is 10.3. The van der Waals surface area contributed by atoms with Gasteiger partial charge in [-0.25, -0.2) is 0 Å². The summed E-state index contributed by atoms with van der Waals surface area (Å²) >= 11 is 5.91. The minimum atomic E-state index is -0.391. The summed E-state index contributed by atoms with van der Waals surface area (Å²) in [6, 6.07) is 5.00. The van der Waals surface area contributed by atoms with Gasteiger partial charge in [0, 0.05) is 5.69 Å². The number of carbonyl (C=O) groups is 1. The molecule has 15 heavy (non-hydrogen) atoms. The molecule has 1 aliphatic heterocycles. The van der Waals surface area contributed by atoms with Gasteiger partial charge in [-0.3, -0.25) is 4.79 Å². The second-order valence-electron chi connectivity index (χ2n) is 2.93. The first-order valence-electron chi connectivity index (χ1n) is 4.14. The highest BCUT2D eigenvalue weighted by molar-refractivity contribution is 6.33. The zero-order chi connectivity index (χ0) is 10.8. The molecule has 0 radical (unpaired) electrons. The normalized spacial score (nSPS) is 14.2. The number of nitrogens with one attached hydrogen (secondary N) is 1. The van der Waals surface area contributed by atoms with Gasteiger partial charge in [0.05, 0.1) is 16.8 Å². The number of nitrogens with zero attached hydrogens (tertiary/aromatic N) is 2. The standard InChI is InChI=1S/C9H7ClN4O/c10-6-2-1-5(11)3-7(6)12-8-4-9(15)14-13-8/h1-4,12H,11H2. The van der Waals surface area contributed by atoms with Crippen LogP contribution < -0.4 is 11.1 Å². The number of hydrogen-bond acceptors (Lipinski definition) is 4. The highest BCUT2D eigenvalue weighted by Crippen LogP contribution is 2.26. The molecule has 2 rings (SSSR count). The van der Waals surface area contributed by atoms with Crippen molar-refractivity contribution < 1.29 is 4.79 Å². The van der Waals surface area contributed by atoms with Crippen molar-refractivity contribution in [2.75, 3.05) is 11.1 Å². The number of amides is 1. The molecule has 3 N–H and O–H groups in total. The van der Waals surface area contributed by atoms with Crippen LogP contribution in [0.3, 0.4) is 0 Å². The molecule has 0 unspecified atom stereocenters. The van der Waals surface area contributed by atoms with Gasteiger partial charge in [0.1, 0.15) is 0 Å². The van der Waals surface area contributed by atoms with Gasteiger partial charge in [-0.05, 0) is 18.2 Å². The molecule has 0 aromatic heterocycles. The average Bonchev–Trinajstić information content (AvgIpc) is 2.58. The smallest absolute Gasteiger partial charge is 0.292 e. The molecule has 1 heterocycles. The van der Waals surface area contributed by atoms with E-state index in [9.17, 15) is 4.79 Å². The summed E-state index contributed by atoms with van der Waals surface area (Å²) in [5.41, 5.74) is 6.76. The Balaban J connectivity index is 2.25. The van der Waals surface area contributed by atoms with E-state index in [0.29, 0.717) is 22.2 Å². The monoisotopic (exact) mass is 222 g/mol. The van der Waals surface area contributed by atoms with Gasteiger partial charge in [0.25, 0.3) is 5.91 Å². The van der Waals surface area contributed by atoms with E-state index in [-0.39, 0.29) is 0 Å².